The Bertz CT molecular complexity index is 1950. The number of esters is 1. The van der Waals surface area contributed by atoms with E-state index in [0.29, 0.717) is 34.4 Å². The predicted octanol–water partition coefficient (Wildman–Crippen LogP) is 10.2. The van der Waals surface area contributed by atoms with Gasteiger partial charge in [0.1, 0.15) is 11.9 Å². The molecule has 0 aliphatic rings. The third-order valence-corrected chi connectivity index (χ3v) is 8.30. The Hall–Kier alpha value is -5.05. The summed E-state index contributed by atoms with van der Waals surface area (Å²) < 4.78 is 135. The highest BCUT2D eigenvalue weighted by molar-refractivity contribution is 5.89. The lowest BCUT2D eigenvalue weighted by atomic mass is 9.89. The summed E-state index contributed by atoms with van der Waals surface area (Å²) in [5.74, 6) is -1.92. The molecule has 6 nitrogen and oxygen atoms in total. The van der Waals surface area contributed by atoms with Gasteiger partial charge in [0.2, 0.25) is 0 Å². The van der Waals surface area contributed by atoms with Crippen molar-refractivity contribution in [2.45, 2.75) is 64.9 Å². The topological polar surface area (TPSA) is 84.9 Å². The molecular formula is C37H32F9NO5. The summed E-state index contributed by atoms with van der Waals surface area (Å²) in [6, 6.07) is 10.7. The number of carboxylic acid groups (broad SMARTS) is 1. The molecular weight excluding hydrogens is 709 g/mol. The number of hydrogen-bond acceptors (Lipinski definition) is 5. The Morgan fingerprint density at radius 3 is 1.83 bits per heavy atom. The molecule has 0 aliphatic carbocycles. The Morgan fingerprint density at radius 1 is 0.750 bits per heavy atom. The molecule has 0 spiro atoms. The second-order valence-electron chi connectivity index (χ2n) is 12.1. The van der Waals surface area contributed by atoms with Crippen LogP contribution in [0.4, 0.5) is 39.5 Å². The van der Waals surface area contributed by atoms with Crippen LogP contribution in [0.1, 0.15) is 69.3 Å². The van der Waals surface area contributed by atoms with E-state index in [-0.39, 0.29) is 34.1 Å². The van der Waals surface area contributed by atoms with Crippen LogP contribution in [-0.4, -0.2) is 30.2 Å². The second kappa shape index (κ2) is 14.9. The smallest absolute Gasteiger partial charge is 0.416 e. The minimum absolute atomic E-state index is 0.0224. The van der Waals surface area contributed by atoms with E-state index in [9.17, 15) is 54.2 Å². The average molecular weight is 742 g/mol. The van der Waals surface area contributed by atoms with E-state index in [0.717, 1.165) is 19.1 Å². The summed E-state index contributed by atoms with van der Waals surface area (Å²) in [5, 5.41) is 12.2. The summed E-state index contributed by atoms with van der Waals surface area (Å²) >= 11 is 0. The lowest BCUT2D eigenvalue weighted by Crippen LogP contribution is -2.34. The van der Waals surface area contributed by atoms with E-state index in [1.54, 1.807) is 31.2 Å². The van der Waals surface area contributed by atoms with Crippen molar-refractivity contribution in [2.75, 3.05) is 7.11 Å². The van der Waals surface area contributed by atoms with Gasteiger partial charge in [0, 0.05) is 25.1 Å². The maximum atomic E-state index is 14.1. The van der Waals surface area contributed by atoms with Crippen LogP contribution in [0.15, 0.2) is 66.7 Å². The number of rotatable bonds is 10. The summed E-state index contributed by atoms with van der Waals surface area (Å²) in [6.45, 7) is 4.89. The molecule has 0 saturated carbocycles. The number of hydrogen-bond donors (Lipinski definition) is 2. The average Bonchev–Trinajstić information content (AvgIpc) is 3.04. The van der Waals surface area contributed by atoms with Gasteiger partial charge in [0.25, 0.3) is 0 Å². The number of nitrogens with one attached hydrogen (secondary N) is 1. The van der Waals surface area contributed by atoms with Crippen LogP contribution in [0.2, 0.25) is 0 Å². The zero-order valence-corrected chi connectivity index (χ0v) is 28.2. The number of halogens is 9. The number of carboxylic acids is 1. The minimum atomic E-state index is -5.19. The van der Waals surface area contributed by atoms with Gasteiger partial charge < -0.3 is 19.9 Å². The van der Waals surface area contributed by atoms with Crippen molar-refractivity contribution in [3.63, 3.8) is 0 Å². The van der Waals surface area contributed by atoms with Crippen LogP contribution in [0, 0.1) is 13.8 Å². The van der Waals surface area contributed by atoms with E-state index in [1.165, 1.54) is 33.1 Å². The molecule has 2 N–H and O–H groups in total. The molecule has 0 heterocycles. The van der Waals surface area contributed by atoms with Gasteiger partial charge in [-0.3, -0.25) is 4.79 Å². The first kappa shape index (κ1) is 39.7. The highest BCUT2D eigenvalue weighted by Crippen LogP contribution is 2.42. The number of methoxy groups -OCH3 is 1. The second-order valence-corrected chi connectivity index (χ2v) is 12.1. The highest BCUT2D eigenvalue weighted by Gasteiger charge is 2.39. The molecule has 278 valence electrons. The number of benzene rings is 4. The van der Waals surface area contributed by atoms with Gasteiger partial charge in [-0.15, -0.1) is 0 Å². The molecule has 0 aliphatic heterocycles. The first-order valence-electron chi connectivity index (χ1n) is 15.4. The van der Waals surface area contributed by atoms with Crippen molar-refractivity contribution < 1.29 is 63.7 Å². The minimum Gasteiger partial charge on any atom is -0.496 e. The number of carbonyl (C=O) groups is 2. The summed E-state index contributed by atoms with van der Waals surface area (Å²) in [4.78, 5) is 23.5. The summed E-state index contributed by atoms with van der Waals surface area (Å²) in [7, 11) is 1.35. The van der Waals surface area contributed by atoms with Gasteiger partial charge in [-0.2, -0.15) is 39.5 Å². The van der Waals surface area contributed by atoms with Gasteiger partial charge in [-0.1, -0.05) is 12.1 Å². The zero-order chi connectivity index (χ0) is 38.9. The summed E-state index contributed by atoms with van der Waals surface area (Å²) in [5.41, 5.74) is -2.35. The van der Waals surface area contributed by atoms with Crippen LogP contribution < -0.4 is 10.1 Å². The van der Waals surface area contributed by atoms with Gasteiger partial charge >= 0.3 is 30.5 Å². The van der Waals surface area contributed by atoms with E-state index >= 15 is 0 Å². The zero-order valence-electron chi connectivity index (χ0n) is 28.2. The normalized spacial score (nSPS) is 13.4. The number of aryl methyl sites for hydroxylation is 2. The van der Waals surface area contributed by atoms with Gasteiger partial charge in [0.05, 0.1) is 29.4 Å². The highest BCUT2D eigenvalue weighted by atomic mass is 19.4. The number of carbonyl (C=O) groups excluding carboxylic acids is 1. The largest absolute Gasteiger partial charge is 0.496 e. The first-order chi connectivity index (χ1) is 24.0. The van der Waals surface area contributed by atoms with E-state index in [4.69, 9.17) is 9.47 Å². The molecule has 52 heavy (non-hydrogen) atoms. The summed E-state index contributed by atoms with van der Waals surface area (Å²) in [6.07, 6.45) is -16.9. The number of alkyl halides is 9. The molecule has 4 aromatic rings. The van der Waals surface area contributed by atoms with Crippen molar-refractivity contribution in [3.05, 3.63) is 111 Å². The van der Waals surface area contributed by atoms with E-state index in [2.05, 4.69) is 5.32 Å². The standard InChI is InChI=1S/C37H32F9NO5/c1-18-10-23(34(49)50)6-8-29(18)22-7-9-31(51-5)30(15-22)32-19(2)11-26(35(38,39)40)14-25(32)17-47-20(3)33(52-21(4)48)24-12-27(36(41,42)43)16-28(13-24)37(44,45)46/h6-16,20,33,47H,17H2,1-5H3,(H,49,50)/t20-,33-/m0/s1. The molecule has 4 aromatic carbocycles. The Morgan fingerprint density at radius 2 is 1.33 bits per heavy atom. The van der Waals surface area contributed by atoms with Gasteiger partial charge in [-0.05, 0) is 114 Å². The maximum absolute atomic E-state index is 14.1. The maximum Gasteiger partial charge on any atom is 0.416 e. The molecule has 0 fully saturated rings. The lowest BCUT2D eigenvalue weighted by Gasteiger charge is -2.27. The van der Waals surface area contributed by atoms with E-state index < -0.39 is 71.4 Å². The fourth-order valence-corrected chi connectivity index (χ4v) is 5.90. The van der Waals surface area contributed by atoms with Crippen molar-refractivity contribution in [3.8, 4) is 28.0 Å². The Kier molecular flexibility index (Phi) is 11.4. The molecule has 0 unspecified atom stereocenters. The van der Waals surface area contributed by atoms with Crippen LogP contribution in [0.3, 0.4) is 0 Å². The van der Waals surface area contributed by atoms with Gasteiger partial charge in [-0.25, -0.2) is 4.79 Å². The van der Waals surface area contributed by atoms with Crippen LogP contribution in [-0.2, 0) is 34.6 Å². The molecule has 4 rings (SSSR count). The number of ether oxygens (including phenoxy) is 2. The van der Waals surface area contributed by atoms with Crippen molar-refractivity contribution in [2.24, 2.45) is 0 Å². The van der Waals surface area contributed by atoms with Crippen LogP contribution >= 0.6 is 0 Å². The van der Waals surface area contributed by atoms with E-state index in [1.807, 2.05) is 0 Å². The molecule has 2 atom stereocenters. The molecule has 0 aromatic heterocycles. The molecule has 15 heteroatoms. The fraction of sp³-hybridized carbons (Fsp3) is 0.297. The Labute approximate surface area is 292 Å². The monoisotopic (exact) mass is 741 g/mol. The van der Waals surface area contributed by atoms with Crippen molar-refractivity contribution in [1.29, 1.82) is 0 Å². The van der Waals surface area contributed by atoms with Crippen molar-refractivity contribution in [1.82, 2.24) is 5.32 Å². The molecule has 0 radical (unpaired) electrons. The quantitative estimate of drug-likeness (QED) is 0.124. The van der Waals surface area contributed by atoms with Crippen LogP contribution in [0.25, 0.3) is 22.3 Å². The van der Waals surface area contributed by atoms with Crippen LogP contribution in [0.5, 0.6) is 5.75 Å². The SMILES string of the molecule is COc1ccc(-c2ccc(C(=O)O)cc2C)cc1-c1c(C)cc(C(F)(F)F)cc1CN[C@@H](C)[C@H](OC(C)=O)c1cc(C(F)(F)F)cc(C(F)(F)F)c1. The molecule has 0 saturated heterocycles. The lowest BCUT2D eigenvalue weighted by molar-refractivity contribution is -0.148. The Balaban J connectivity index is 1.85. The third kappa shape index (κ3) is 9.05. The fourth-order valence-electron chi connectivity index (χ4n) is 5.90. The van der Waals surface area contributed by atoms with Crippen molar-refractivity contribution >= 4 is 11.9 Å². The first-order valence-corrected chi connectivity index (χ1v) is 15.4. The molecule has 0 bridgehead atoms. The number of aromatic carboxylic acids is 1. The molecule has 0 amide bonds. The third-order valence-electron chi connectivity index (χ3n) is 8.30. The van der Waals surface area contributed by atoms with Gasteiger partial charge in [0.15, 0.2) is 0 Å². The predicted molar refractivity (Wildman–Crippen MR) is 173 cm³/mol.